The van der Waals surface area contributed by atoms with Crippen molar-refractivity contribution >= 4 is 5.91 Å². The molecule has 1 amide bonds. The molecule has 1 aromatic rings. The smallest absolute Gasteiger partial charge is 0.223 e. The van der Waals surface area contributed by atoms with Crippen LogP contribution in [0.1, 0.15) is 63.5 Å². The second-order valence-electron chi connectivity index (χ2n) is 7.23. The highest BCUT2D eigenvalue weighted by Crippen LogP contribution is 2.50. The van der Waals surface area contributed by atoms with Gasteiger partial charge in [0.1, 0.15) is 5.75 Å². The molecule has 132 valence electrons. The molecule has 4 heteroatoms. The van der Waals surface area contributed by atoms with Gasteiger partial charge in [-0.05, 0) is 31.7 Å². The summed E-state index contributed by atoms with van der Waals surface area (Å²) in [5.74, 6) is 1.10. The molecule has 3 atom stereocenters. The molecule has 1 aliphatic heterocycles. The van der Waals surface area contributed by atoms with Crippen molar-refractivity contribution in [2.75, 3.05) is 13.7 Å². The standard InChI is InChI=1S/C20H29NO3/c1-3-8-18(22)21-14-13-20(23)12-7-6-10-16(20)19(21)15-9-4-5-11-17(15)24-2/h4-5,9,11,16,19,23H,3,6-8,10,12-14H2,1-2H3/t16-,19-,20-/m1/s1. The average molecular weight is 331 g/mol. The summed E-state index contributed by atoms with van der Waals surface area (Å²) in [6.07, 6.45) is 6.12. The molecule has 1 N–H and O–H groups in total. The lowest BCUT2D eigenvalue weighted by Crippen LogP contribution is -2.56. The van der Waals surface area contributed by atoms with Crippen LogP contribution in [0.25, 0.3) is 0 Å². The first-order valence-electron chi connectivity index (χ1n) is 9.25. The lowest BCUT2D eigenvalue weighted by molar-refractivity contribution is -0.155. The molecule has 1 aromatic carbocycles. The number of hydrogen-bond donors (Lipinski definition) is 1. The molecule has 2 aliphatic rings. The van der Waals surface area contributed by atoms with Crippen molar-refractivity contribution in [1.82, 2.24) is 4.90 Å². The van der Waals surface area contributed by atoms with E-state index in [1.165, 1.54) is 0 Å². The van der Waals surface area contributed by atoms with Crippen LogP contribution in [0.15, 0.2) is 24.3 Å². The van der Waals surface area contributed by atoms with E-state index in [9.17, 15) is 9.90 Å². The number of aliphatic hydroxyl groups is 1. The summed E-state index contributed by atoms with van der Waals surface area (Å²) in [5, 5.41) is 11.2. The Labute approximate surface area is 144 Å². The molecule has 1 aliphatic carbocycles. The number of nitrogens with zero attached hydrogens (tertiary/aromatic N) is 1. The van der Waals surface area contributed by atoms with Crippen LogP contribution in [0.5, 0.6) is 5.75 Å². The Balaban J connectivity index is 2.03. The molecule has 4 nitrogen and oxygen atoms in total. The van der Waals surface area contributed by atoms with E-state index in [0.717, 1.165) is 43.4 Å². The Kier molecular flexibility index (Phi) is 5.14. The maximum absolute atomic E-state index is 12.8. The molecule has 0 spiro atoms. The zero-order chi connectivity index (χ0) is 17.2. The van der Waals surface area contributed by atoms with Crippen molar-refractivity contribution in [1.29, 1.82) is 0 Å². The molecule has 0 radical (unpaired) electrons. The van der Waals surface area contributed by atoms with E-state index >= 15 is 0 Å². The third kappa shape index (κ3) is 3.04. The highest BCUT2D eigenvalue weighted by atomic mass is 16.5. The van der Waals surface area contributed by atoms with Crippen LogP contribution in [-0.4, -0.2) is 35.2 Å². The second kappa shape index (κ2) is 7.14. The Morgan fingerprint density at radius 1 is 1.33 bits per heavy atom. The van der Waals surface area contributed by atoms with Gasteiger partial charge in [0.05, 0.1) is 18.8 Å². The fourth-order valence-corrected chi connectivity index (χ4v) is 4.61. The molecule has 1 saturated heterocycles. The molecule has 0 bridgehead atoms. The van der Waals surface area contributed by atoms with E-state index in [1.54, 1.807) is 7.11 Å². The minimum absolute atomic E-state index is 0.0840. The molecule has 24 heavy (non-hydrogen) atoms. The van der Waals surface area contributed by atoms with E-state index in [4.69, 9.17) is 4.74 Å². The van der Waals surface area contributed by atoms with Gasteiger partial charge in [0, 0.05) is 24.4 Å². The number of hydrogen-bond acceptors (Lipinski definition) is 3. The lowest BCUT2D eigenvalue weighted by Gasteiger charge is -2.52. The molecule has 1 saturated carbocycles. The molecular weight excluding hydrogens is 302 g/mol. The van der Waals surface area contributed by atoms with Gasteiger partial charge in [0.15, 0.2) is 0 Å². The van der Waals surface area contributed by atoms with Crippen molar-refractivity contribution in [3.63, 3.8) is 0 Å². The first-order valence-corrected chi connectivity index (χ1v) is 9.25. The van der Waals surface area contributed by atoms with Crippen molar-refractivity contribution in [2.45, 2.75) is 63.5 Å². The summed E-state index contributed by atoms with van der Waals surface area (Å²) in [7, 11) is 1.67. The Hall–Kier alpha value is -1.55. The molecule has 0 aromatic heterocycles. The fourth-order valence-electron chi connectivity index (χ4n) is 4.61. The zero-order valence-electron chi connectivity index (χ0n) is 14.8. The average Bonchev–Trinajstić information content (AvgIpc) is 2.60. The van der Waals surface area contributed by atoms with Crippen LogP contribution >= 0.6 is 0 Å². The van der Waals surface area contributed by atoms with E-state index in [-0.39, 0.29) is 17.9 Å². The van der Waals surface area contributed by atoms with Crippen LogP contribution in [0.2, 0.25) is 0 Å². The third-order valence-electron chi connectivity index (χ3n) is 5.81. The SMILES string of the molecule is CCCC(=O)N1CC[C@]2(O)CCCC[C@@H]2[C@H]1c1ccccc1OC. The number of carbonyl (C=O) groups excluding carboxylic acids is 1. The molecule has 0 unspecified atom stereocenters. The van der Waals surface area contributed by atoms with E-state index in [0.29, 0.717) is 19.4 Å². The van der Waals surface area contributed by atoms with Gasteiger partial charge in [-0.25, -0.2) is 0 Å². The fraction of sp³-hybridized carbons (Fsp3) is 0.650. The number of amides is 1. The normalized spacial score (nSPS) is 29.9. The minimum Gasteiger partial charge on any atom is -0.496 e. The van der Waals surface area contributed by atoms with Gasteiger partial charge in [0.2, 0.25) is 5.91 Å². The summed E-state index contributed by atoms with van der Waals surface area (Å²) in [4.78, 5) is 14.8. The minimum atomic E-state index is -0.646. The predicted molar refractivity (Wildman–Crippen MR) is 93.9 cm³/mol. The van der Waals surface area contributed by atoms with Crippen LogP contribution in [0.4, 0.5) is 0 Å². The topological polar surface area (TPSA) is 49.8 Å². The van der Waals surface area contributed by atoms with Crippen molar-refractivity contribution in [2.24, 2.45) is 5.92 Å². The molecule has 2 fully saturated rings. The summed E-state index contributed by atoms with van der Waals surface area (Å²) < 4.78 is 5.58. The van der Waals surface area contributed by atoms with E-state index in [1.807, 2.05) is 30.0 Å². The van der Waals surface area contributed by atoms with Gasteiger partial charge in [-0.2, -0.15) is 0 Å². The Bertz CT molecular complexity index is 588. The first-order chi connectivity index (χ1) is 11.6. The quantitative estimate of drug-likeness (QED) is 0.915. The number of likely N-dealkylation sites (tertiary alicyclic amines) is 1. The lowest BCUT2D eigenvalue weighted by atomic mass is 9.66. The van der Waals surface area contributed by atoms with Crippen molar-refractivity contribution < 1.29 is 14.6 Å². The number of carbonyl (C=O) groups is 1. The van der Waals surface area contributed by atoms with Gasteiger partial charge in [-0.1, -0.05) is 38.0 Å². The number of rotatable bonds is 4. The number of piperidine rings is 1. The first kappa shape index (κ1) is 17.3. The number of benzene rings is 1. The number of para-hydroxylation sites is 1. The highest BCUT2D eigenvalue weighted by molar-refractivity contribution is 5.77. The number of fused-ring (bicyclic) bond motifs is 1. The van der Waals surface area contributed by atoms with Crippen LogP contribution < -0.4 is 4.74 Å². The zero-order valence-corrected chi connectivity index (χ0v) is 14.8. The van der Waals surface area contributed by atoms with Crippen LogP contribution in [0.3, 0.4) is 0 Å². The molecule has 3 rings (SSSR count). The number of methoxy groups -OCH3 is 1. The van der Waals surface area contributed by atoms with Gasteiger partial charge in [-0.15, -0.1) is 0 Å². The third-order valence-corrected chi connectivity index (χ3v) is 5.81. The van der Waals surface area contributed by atoms with Crippen LogP contribution in [-0.2, 0) is 4.79 Å². The van der Waals surface area contributed by atoms with Gasteiger partial charge >= 0.3 is 0 Å². The van der Waals surface area contributed by atoms with Crippen molar-refractivity contribution in [3.05, 3.63) is 29.8 Å². The molecular formula is C20H29NO3. The largest absolute Gasteiger partial charge is 0.496 e. The summed E-state index contributed by atoms with van der Waals surface area (Å²) >= 11 is 0. The Morgan fingerprint density at radius 2 is 2.12 bits per heavy atom. The monoisotopic (exact) mass is 331 g/mol. The summed E-state index contributed by atoms with van der Waals surface area (Å²) in [6.45, 7) is 2.67. The maximum atomic E-state index is 12.8. The predicted octanol–water partition coefficient (Wildman–Crippen LogP) is 3.69. The maximum Gasteiger partial charge on any atom is 0.223 e. The molecule has 1 heterocycles. The van der Waals surface area contributed by atoms with Crippen molar-refractivity contribution in [3.8, 4) is 5.75 Å². The summed E-state index contributed by atoms with van der Waals surface area (Å²) in [6, 6.07) is 7.87. The number of ether oxygens (including phenoxy) is 1. The van der Waals surface area contributed by atoms with E-state index < -0.39 is 5.60 Å². The van der Waals surface area contributed by atoms with E-state index in [2.05, 4.69) is 6.07 Å². The summed E-state index contributed by atoms with van der Waals surface area (Å²) in [5.41, 5.74) is 0.390. The Morgan fingerprint density at radius 3 is 2.88 bits per heavy atom. The highest BCUT2D eigenvalue weighted by Gasteiger charge is 2.50. The van der Waals surface area contributed by atoms with Gasteiger partial charge < -0.3 is 14.7 Å². The second-order valence-corrected chi connectivity index (χ2v) is 7.23. The van der Waals surface area contributed by atoms with Crippen LogP contribution in [0, 0.1) is 5.92 Å². The van der Waals surface area contributed by atoms with Gasteiger partial charge in [-0.3, -0.25) is 4.79 Å². The van der Waals surface area contributed by atoms with Gasteiger partial charge in [0.25, 0.3) is 0 Å².